The molecule has 3 aromatic carbocycles. The highest BCUT2D eigenvalue weighted by Gasteiger charge is 2.24. The Bertz CT molecular complexity index is 1390. The molecule has 3 N–H and O–H groups in total. The summed E-state index contributed by atoms with van der Waals surface area (Å²) in [5, 5.41) is 6.91. The molecule has 0 saturated carbocycles. The number of para-hydroxylation sites is 1. The number of benzene rings is 3. The predicted molar refractivity (Wildman–Crippen MR) is 143 cm³/mol. The quantitative estimate of drug-likeness (QED) is 0.337. The summed E-state index contributed by atoms with van der Waals surface area (Å²) in [5.41, 5.74) is 5.99. The van der Waals surface area contributed by atoms with Gasteiger partial charge in [-0.25, -0.2) is 4.79 Å². The summed E-state index contributed by atoms with van der Waals surface area (Å²) < 4.78 is 5.35. The molecular formula is C29H30N4O3. The topological polar surface area (TPSA) is 86.5 Å². The fraction of sp³-hybridized carbons (Fsp3) is 0.241. The third kappa shape index (κ3) is 4.91. The Balaban J connectivity index is 1.14. The third-order valence-electron chi connectivity index (χ3n) is 6.78. The van der Waals surface area contributed by atoms with Crippen molar-refractivity contribution in [3.05, 3.63) is 89.6 Å². The van der Waals surface area contributed by atoms with Crippen molar-refractivity contribution in [1.82, 2.24) is 10.3 Å². The number of ether oxygens (including phenoxy) is 1. The van der Waals surface area contributed by atoms with Gasteiger partial charge in [0.05, 0.1) is 13.5 Å². The van der Waals surface area contributed by atoms with Gasteiger partial charge >= 0.3 is 6.03 Å². The van der Waals surface area contributed by atoms with Gasteiger partial charge in [0.25, 0.3) is 0 Å². The van der Waals surface area contributed by atoms with Crippen LogP contribution in [0, 0.1) is 0 Å². The monoisotopic (exact) mass is 482 g/mol. The first-order valence-corrected chi connectivity index (χ1v) is 12.2. The highest BCUT2D eigenvalue weighted by Crippen LogP contribution is 2.29. The standard InChI is InChI=1S/C29H30N4O3/c1-19(25-18-30-26-12-11-23(36-2)16-24(25)26)17-31-29(35)32-22-9-7-20(8-10-22)15-28(34)33-14-13-21-5-3-4-6-27(21)33/h3-12,16,18-19,30H,13-15,17H2,1-2H3,(H2,31,32,35). The Kier molecular flexibility index (Phi) is 6.62. The number of urea groups is 1. The van der Waals surface area contributed by atoms with E-state index in [0.717, 1.165) is 46.4 Å². The molecule has 0 aliphatic carbocycles. The van der Waals surface area contributed by atoms with Crippen LogP contribution in [-0.4, -0.2) is 37.1 Å². The zero-order chi connectivity index (χ0) is 25.1. The molecule has 0 spiro atoms. The van der Waals surface area contributed by atoms with Crippen molar-refractivity contribution in [3.63, 3.8) is 0 Å². The number of nitrogens with one attached hydrogen (secondary N) is 3. The van der Waals surface area contributed by atoms with E-state index < -0.39 is 0 Å². The van der Waals surface area contributed by atoms with Crippen LogP contribution in [-0.2, 0) is 17.6 Å². The number of carbonyl (C=O) groups excluding carboxylic acids is 2. The molecule has 0 saturated heterocycles. The number of amides is 3. The average Bonchev–Trinajstić information content (AvgIpc) is 3.52. The van der Waals surface area contributed by atoms with Gasteiger partial charge in [0.15, 0.2) is 0 Å². The van der Waals surface area contributed by atoms with Gasteiger partial charge in [-0.2, -0.15) is 0 Å². The summed E-state index contributed by atoms with van der Waals surface area (Å²) in [6.07, 6.45) is 3.20. The second kappa shape index (κ2) is 10.2. The number of nitrogens with zero attached hydrogens (tertiary/aromatic N) is 1. The fourth-order valence-electron chi connectivity index (χ4n) is 4.76. The van der Waals surface area contributed by atoms with E-state index in [0.29, 0.717) is 18.7 Å². The van der Waals surface area contributed by atoms with Crippen molar-refractivity contribution >= 4 is 34.2 Å². The van der Waals surface area contributed by atoms with Crippen LogP contribution in [0.15, 0.2) is 72.9 Å². The average molecular weight is 483 g/mol. The van der Waals surface area contributed by atoms with E-state index >= 15 is 0 Å². The molecule has 1 aliphatic heterocycles. The highest BCUT2D eigenvalue weighted by molar-refractivity contribution is 5.97. The molecule has 5 rings (SSSR count). The van der Waals surface area contributed by atoms with Gasteiger partial charge in [-0.15, -0.1) is 0 Å². The second-order valence-electron chi connectivity index (χ2n) is 9.19. The molecule has 2 heterocycles. The van der Waals surface area contributed by atoms with E-state index in [1.165, 1.54) is 5.56 Å². The van der Waals surface area contributed by atoms with Crippen molar-refractivity contribution in [3.8, 4) is 5.75 Å². The summed E-state index contributed by atoms with van der Waals surface area (Å²) in [6.45, 7) is 3.29. The predicted octanol–water partition coefficient (Wildman–Crippen LogP) is 5.23. The van der Waals surface area contributed by atoms with Gasteiger partial charge in [0.2, 0.25) is 5.91 Å². The lowest BCUT2D eigenvalue weighted by atomic mass is 10.0. The number of methoxy groups -OCH3 is 1. The largest absolute Gasteiger partial charge is 0.497 e. The minimum atomic E-state index is -0.267. The molecule has 0 bridgehead atoms. The van der Waals surface area contributed by atoms with Gasteiger partial charge < -0.3 is 25.3 Å². The van der Waals surface area contributed by atoms with E-state index in [9.17, 15) is 9.59 Å². The molecule has 1 unspecified atom stereocenters. The fourth-order valence-corrected chi connectivity index (χ4v) is 4.76. The summed E-state index contributed by atoms with van der Waals surface area (Å²) in [7, 11) is 1.65. The van der Waals surface area contributed by atoms with E-state index in [1.807, 2.05) is 71.8 Å². The number of H-pyrrole nitrogens is 1. The Morgan fingerprint density at radius 3 is 2.69 bits per heavy atom. The number of anilines is 2. The minimum Gasteiger partial charge on any atom is -0.497 e. The molecule has 0 radical (unpaired) electrons. The van der Waals surface area contributed by atoms with Crippen molar-refractivity contribution in [2.45, 2.75) is 25.7 Å². The van der Waals surface area contributed by atoms with Crippen molar-refractivity contribution in [2.24, 2.45) is 0 Å². The highest BCUT2D eigenvalue weighted by atomic mass is 16.5. The zero-order valence-corrected chi connectivity index (χ0v) is 20.5. The number of carbonyl (C=O) groups is 2. The lowest BCUT2D eigenvalue weighted by Crippen LogP contribution is -2.31. The Morgan fingerprint density at radius 1 is 1.08 bits per heavy atom. The van der Waals surface area contributed by atoms with Crippen molar-refractivity contribution in [2.75, 3.05) is 30.4 Å². The van der Waals surface area contributed by atoms with Crippen LogP contribution in [0.2, 0.25) is 0 Å². The maximum Gasteiger partial charge on any atom is 0.319 e. The molecule has 1 aromatic heterocycles. The van der Waals surface area contributed by atoms with Crippen molar-refractivity contribution in [1.29, 1.82) is 0 Å². The molecule has 36 heavy (non-hydrogen) atoms. The van der Waals surface area contributed by atoms with Crippen LogP contribution in [0.25, 0.3) is 10.9 Å². The van der Waals surface area contributed by atoms with Crippen LogP contribution in [0.4, 0.5) is 16.2 Å². The molecule has 7 heteroatoms. The Hall–Kier alpha value is -4.26. The number of fused-ring (bicyclic) bond motifs is 2. The smallest absolute Gasteiger partial charge is 0.319 e. The van der Waals surface area contributed by atoms with E-state index in [1.54, 1.807) is 7.11 Å². The third-order valence-corrected chi connectivity index (χ3v) is 6.78. The molecular weight excluding hydrogens is 452 g/mol. The summed E-state index contributed by atoms with van der Waals surface area (Å²) in [6, 6.07) is 21.1. The minimum absolute atomic E-state index is 0.0855. The Morgan fingerprint density at radius 2 is 1.89 bits per heavy atom. The first kappa shape index (κ1) is 23.5. The van der Waals surface area contributed by atoms with Gasteiger partial charge in [-0.05, 0) is 59.5 Å². The summed E-state index contributed by atoms with van der Waals surface area (Å²) >= 11 is 0. The number of aromatic nitrogens is 1. The van der Waals surface area contributed by atoms with Gasteiger partial charge in [-0.3, -0.25) is 4.79 Å². The summed E-state index contributed by atoms with van der Waals surface area (Å²) in [4.78, 5) is 30.5. The first-order chi connectivity index (χ1) is 17.5. The molecule has 7 nitrogen and oxygen atoms in total. The van der Waals surface area contributed by atoms with Gasteiger partial charge in [-0.1, -0.05) is 37.3 Å². The van der Waals surface area contributed by atoms with Gasteiger partial charge in [0, 0.05) is 47.5 Å². The second-order valence-corrected chi connectivity index (χ2v) is 9.19. The van der Waals surface area contributed by atoms with E-state index in [-0.39, 0.29) is 17.9 Å². The van der Waals surface area contributed by atoms with Crippen LogP contribution in [0.1, 0.15) is 29.5 Å². The SMILES string of the molecule is COc1ccc2[nH]cc(C(C)CNC(=O)Nc3ccc(CC(=O)N4CCc5ccccc54)cc3)c2c1. The van der Waals surface area contributed by atoms with Crippen LogP contribution >= 0.6 is 0 Å². The molecule has 1 atom stereocenters. The molecule has 184 valence electrons. The number of rotatable bonds is 7. The maximum absolute atomic E-state index is 12.8. The zero-order valence-electron chi connectivity index (χ0n) is 20.5. The molecule has 4 aromatic rings. The Labute approximate surface area is 210 Å². The lowest BCUT2D eigenvalue weighted by molar-refractivity contribution is -0.117. The number of aromatic amines is 1. The summed E-state index contributed by atoms with van der Waals surface area (Å²) in [5.74, 6) is 1.000. The lowest BCUT2D eigenvalue weighted by Gasteiger charge is -2.17. The van der Waals surface area contributed by atoms with Crippen LogP contribution in [0.3, 0.4) is 0 Å². The molecule has 0 fully saturated rings. The van der Waals surface area contributed by atoms with Crippen LogP contribution in [0.5, 0.6) is 5.75 Å². The molecule has 1 aliphatic rings. The van der Waals surface area contributed by atoms with E-state index in [4.69, 9.17) is 4.74 Å². The number of hydrogen-bond donors (Lipinski definition) is 3. The first-order valence-electron chi connectivity index (χ1n) is 12.2. The van der Waals surface area contributed by atoms with Crippen LogP contribution < -0.4 is 20.3 Å². The maximum atomic E-state index is 12.8. The van der Waals surface area contributed by atoms with Gasteiger partial charge in [0.1, 0.15) is 5.75 Å². The number of hydrogen-bond acceptors (Lipinski definition) is 3. The normalized spacial score (nSPS) is 13.3. The van der Waals surface area contributed by atoms with E-state index in [2.05, 4.69) is 28.6 Å². The molecule has 3 amide bonds. The van der Waals surface area contributed by atoms with Crippen molar-refractivity contribution < 1.29 is 14.3 Å².